The first kappa shape index (κ1) is 15.0. The molecule has 1 amide bonds. The minimum atomic E-state index is -0.246. The maximum atomic E-state index is 12.1. The first-order valence-electron chi connectivity index (χ1n) is 6.94. The molecule has 0 spiro atoms. The van der Waals surface area contributed by atoms with Gasteiger partial charge in [-0.3, -0.25) is 4.79 Å². The average molecular weight is 288 g/mol. The van der Waals surface area contributed by atoms with Crippen LogP contribution in [0.3, 0.4) is 0 Å². The van der Waals surface area contributed by atoms with Gasteiger partial charge in [0.1, 0.15) is 11.5 Å². The van der Waals surface area contributed by atoms with E-state index in [1.807, 2.05) is 6.92 Å². The second-order valence-electron chi connectivity index (χ2n) is 5.25. The summed E-state index contributed by atoms with van der Waals surface area (Å²) in [5.41, 5.74) is 1.10. The molecule has 2 N–H and O–H groups in total. The lowest BCUT2D eigenvalue weighted by Gasteiger charge is -2.09. The monoisotopic (exact) mass is 288 g/mol. The minimum Gasteiger partial charge on any atom is -0.467 e. The number of hydrogen-bond donors (Lipinski definition) is 2. The fourth-order valence-electron chi connectivity index (χ4n) is 1.73. The lowest BCUT2D eigenvalue weighted by molar-refractivity contribution is 0.0943. The zero-order valence-electron chi connectivity index (χ0n) is 12.5. The molecule has 0 bridgehead atoms. The molecule has 2 rings (SSSR count). The molecule has 0 saturated heterocycles. The Bertz CT molecular complexity index is 594. The van der Waals surface area contributed by atoms with Gasteiger partial charge in [-0.2, -0.15) is 0 Å². The Morgan fingerprint density at radius 2 is 2.19 bits per heavy atom. The van der Waals surface area contributed by atoms with E-state index in [-0.39, 0.29) is 5.91 Å². The van der Waals surface area contributed by atoms with Gasteiger partial charge in [0.15, 0.2) is 0 Å². The van der Waals surface area contributed by atoms with E-state index in [0.29, 0.717) is 29.9 Å². The number of aromatic nitrogens is 2. The summed E-state index contributed by atoms with van der Waals surface area (Å²) >= 11 is 0. The molecule has 0 unspecified atom stereocenters. The number of anilines is 1. The van der Waals surface area contributed by atoms with Crippen molar-refractivity contribution >= 4 is 11.9 Å². The third kappa shape index (κ3) is 4.59. The summed E-state index contributed by atoms with van der Waals surface area (Å²) in [5, 5.41) is 5.90. The van der Waals surface area contributed by atoms with Crippen LogP contribution in [-0.2, 0) is 6.54 Å². The molecular weight excluding hydrogens is 268 g/mol. The highest BCUT2D eigenvalue weighted by Gasteiger charge is 2.11. The van der Waals surface area contributed by atoms with Gasteiger partial charge in [0, 0.05) is 12.2 Å². The zero-order chi connectivity index (χ0) is 15.2. The largest absolute Gasteiger partial charge is 0.467 e. The van der Waals surface area contributed by atoms with Crippen molar-refractivity contribution in [2.45, 2.75) is 27.3 Å². The molecule has 21 heavy (non-hydrogen) atoms. The van der Waals surface area contributed by atoms with Crippen molar-refractivity contribution in [2.24, 2.45) is 5.92 Å². The second-order valence-corrected chi connectivity index (χ2v) is 5.25. The summed E-state index contributed by atoms with van der Waals surface area (Å²) in [5.74, 6) is 1.41. The molecule has 0 atom stereocenters. The maximum absolute atomic E-state index is 12.1. The van der Waals surface area contributed by atoms with Crippen molar-refractivity contribution in [2.75, 3.05) is 11.9 Å². The molecule has 0 fully saturated rings. The van der Waals surface area contributed by atoms with Gasteiger partial charge in [0.05, 0.1) is 12.8 Å². The van der Waals surface area contributed by atoms with Crippen LogP contribution >= 0.6 is 0 Å². The molecule has 2 aromatic heterocycles. The topological polar surface area (TPSA) is 80.0 Å². The summed E-state index contributed by atoms with van der Waals surface area (Å²) < 4.78 is 5.17. The normalized spacial score (nSPS) is 10.7. The van der Waals surface area contributed by atoms with E-state index in [0.717, 1.165) is 12.2 Å². The Hall–Kier alpha value is -2.37. The summed E-state index contributed by atoms with van der Waals surface area (Å²) in [6.45, 7) is 7.13. The van der Waals surface area contributed by atoms with E-state index in [1.54, 1.807) is 24.5 Å². The van der Waals surface area contributed by atoms with Gasteiger partial charge in [-0.05, 0) is 31.0 Å². The minimum absolute atomic E-state index is 0.246. The molecule has 0 aromatic carbocycles. The van der Waals surface area contributed by atoms with Crippen molar-refractivity contribution in [3.8, 4) is 0 Å². The van der Waals surface area contributed by atoms with Crippen LogP contribution in [0.15, 0.2) is 28.9 Å². The van der Waals surface area contributed by atoms with Crippen molar-refractivity contribution < 1.29 is 9.21 Å². The van der Waals surface area contributed by atoms with Gasteiger partial charge in [-0.25, -0.2) is 9.97 Å². The van der Waals surface area contributed by atoms with Gasteiger partial charge >= 0.3 is 0 Å². The third-order valence-electron chi connectivity index (χ3n) is 2.76. The molecule has 0 aliphatic rings. The van der Waals surface area contributed by atoms with Crippen molar-refractivity contribution in [3.05, 3.63) is 41.6 Å². The molecule has 2 heterocycles. The van der Waals surface area contributed by atoms with E-state index < -0.39 is 0 Å². The third-order valence-corrected chi connectivity index (χ3v) is 2.76. The zero-order valence-corrected chi connectivity index (χ0v) is 12.5. The SMILES string of the molecule is Cc1cc(C(=O)NCc2ccco2)nc(NCC(C)C)n1. The Labute approximate surface area is 124 Å². The van der Waals surface area contributed by atoms with E-state index in [4.69, 9.17) is 4.42 Å². The number of aryl methyl sites for hydroxylation is 1. The molecular formula is C15H20N4O2. The number of carbonyl (C=O) groups is 1. The van der Waals surface area contributed by atoms with Gasteiger partial charge < -0.3 is 15.1 Å². The van der Waals surface area contributed by atoms with Crippen LogP contribution in [0, 0.1) is 12.8 Å². The Morgan fingerprint density at radius 3 is 2.86 bits per heavy atom. The molecule has 2 aromatic rings. The highest BCUT2D eigenvalue weighted by atomic mass is 16.3. The number of nitrogens with one attached hydrogen (secondary N) is 2. The smallest absolute Gasteiger partial charge is 0.270 e. The lowest BCUT2D eigenvalue weighted by Crippen LogP contribution is -2.24. The molecule has 112 valence electrons. The van der Waals surface area contributed by atoms with E-state index in [1.165, 1.54) is 0 Å². The van der Waals surface area contributed by atoms with Crippen LogP contribution in [0.4, 0.5) is 5.95 Å². The fourth-order valence-corrected chi connectivity index (χ4v) is 1.73. The number of carbonyl (C=O) groups excluding carboxylic acids is 1. The highest BCUT2D eigenvalue weighted by molar-refractivity contribution is 5.92. The number of nitrogens with zero attached hydrogens (tertiary/aromatic N) is 2. The van der Waals surface area contributed by atoms with E-state index >= 15 is 0 Å². The number of amides is 1. The van der Waals surface area contributed by atoms with Gasteiger partial charge in [-0.1, -0.05) is 13.8 Å². The number of rotatable bonds is 6. The van der Waals surface area contributed by atoms with Crippen LogP contribution in [0.25, 0.3) is 0 Å². The summed E-state index contributed by atoms with van der Waals surface area (Å²) in [4.78, 5) is 20.6. The van der Waals surface area contributed by atoms with Crippen LogP contribution < -0.4 is 10.6 Å². The molecule has 0 aliphatic carbocycles. The molecule has 0 radical (unpaired) electrons. The summed E-state index contributed by atoms with van der Waals surface area (Å²) in [6, 6.07) is 5.25. The predicted molar refractivity (Wildman–Crippen MR) is 80.0 cm³/mol. The number of furan rings is 1. The van der Waals surface area contributed by atoms with E-state index in [2.05, 4.69) is 34.4 Å². The standard InChI is InChI=1S/C15H20N4O2/c1-10(2)8-17-15-18-11(3)7-13(19-15)14(20)16-9-12-5-4-6-21-12/h4-7,10H,8-9H2,1-3H3,(H,16,20)(H,17,18,19). The lowest BCUT2D eigenvalue weighted by atomic mass is 10.2. The highest BCUT2D eigenvalue weighted by Crippen LogP contribution is 2.07. The van der Waals surface area contributed by atoms with E-state index in [9.17, 15) is 4.79 Å². The first-order chi connectivity index (χ1) is 10.0. The Kier molecular flexibility index (Phi) is 4.92. The summed E-state index contributed by atoms with van der Waals surface area (Å²) in [6.07, 6.45) is 1.57. The molecule has 6 heteroatoms. The Morgan fingerprint density at radius 1 is 1.38 bits per heavy atom. The second kappa shape index (κ2) is 6.88. The predicted octanol–water partition coefficient (Wildman–Crippen LogP) is 2.38. The van der Waals surface area contributed by atoms with Crippen LogP contribution in [0.2, 0.25) is 0 Å². The quantitative estimate of drug-likeness (QED) is 0.853. The summed E-state index contributed by atoms with van der Waals surface area (Å²) in [7, 11) is 0. The van der Waals surface area contributed by atoms with Crippen LogP contribution in [-0.4, -0.2) is 22.4 Å². The van der Waals surface area contributed by atoms with Gasteiger partial charge in [0.25, 0.3) is 5.91 Å². The molecule has 0 saturated carbocycles. The number of hydrogen-bond acceptors (Lipinski definition) is 5. The van der Waals surface area contributed by atoms with Crippen molar-refractivity contribution in [3.63, 3.8) is 0 Å². The van der Waals surface area contributed by atoms with Gasteiger partial charge in [-0.15, -0.1) is 0 Å². The Balaban J connectivity index is 2.02. The molecule has 0 aliphatic heterocycles. The van der Waals surface area contributed by atoms with Crippen LogP contribution in [0.1, 0.15) is 35.8 Å². The van der Waals surface area contributed by atoms with Gasteiger partial charge in [0.2, 0.25) is 5.95 Å². The first-order valence-corrected chi connectivity index (χ1v) is 6.94. The van der Waals surface area contributed by atoms with Crippen molar-refractivity contribution in [1.82, 2.24) is 15.3 Å². The molecule has 6 nitrogen and oxygen atoms in total. The maximum Gasteiger partial charge on any atom is 0.270 e. The average Bonchev–Trinajstić information content (AvgIpc) is 2.95. The fraction of sp³-hybridized carbons (Fsp3) is 0.400. The van der Waals surface area contributed by atoms with Crippen molar-refractivity contribution in [1.29, 1.82) is 0 Å². The van der Waals surface area contributed by atoms with Crippen LogP contribution in [0.5, 0.6) is 0 Å².